The number of rotatable bonds is 10. The Hall–Kier alpha value is -1.11. The van der Waals surface area contributed by atoms with Crippen molar-refractivity contribution < 1.29 is 15.0 Å². The van der Waals surface area contributed by atoms with E-state index in [2.05, 4.69) is 4.98 Å². The van der Waals surface area contributed by atoms with Crippen molar-refractivity contribution >= 4 is 17.7 Å². The summed E-state index contributed by atoms with van der Waals surface area (Å²) < 4.78 is 0. The molecule has 134 valence electrons. The van der Waals surface area contributed by atoms with Crippen LogP contribution in [0.1, 0.15) is 45.2 Å². The molecule has 1 aliphatic rings. The summed E-state index contributed by atoms with van der Waals surface area (Å²) in [5.74, 6) is 0.877. The average molecular weight is 353 g/mol. The number of aromatic nitrogens is 1. The second kappa shape index (κ2) is 8.32. The molecular formula is C18H28N2O3S. The first-order valence-electron chi connectivity index (χ1n) is 8.60. The second-order valence-electron chi connectivity index (χ2n) is 7.21. The molecule has 0 aromatic carbocycles. The van der Waals surface area contributed by atoms with Gasteiger partial charge in [0.1, 0.15) is 0 Å². The first-order chi connectivity index (χ1) is 11.3. The Morgan fingerprint density at radius 2 is 2.21 bits per heavy atom. The Balaban J connectivity index is 2.03. The number of hydrogen-bond acceptors (Lipinski definition) is 5. The molecule has 0 amide bonds. The van der Waals surface area contributed by atoms with E-state index in [1.165, 1.54) is 19.3 Å². The van der Waals surface area contributed by atoms with Crippen LogP contribution in [0.25, 0.3) is 0 Å². The van der Waals surface area contributed by atoms with Crippen LogP contribution in [0, 0.1) is 11.8 Å². The Morgan fingerprint density at radius 3 is 2.79 bits per heavy atom. The number of nitrogens with two attached hydrogens (primary N) is 1. The van der Waals surface area contributed by atoms with Crippen LogP contribution in [-0.2, 0) is 11.2 Å². The topological polar surface area (TPSA) is 96.4 Å². The van der Waals surface area contributed by atoms with Gasteiger partial charge in [0, 0.05) is 29.2 Å². The smallest absolute Gasteiger partial charge is 0.337 e. The normalized spacial score (nSPS) is 18.4. The molecule has 1 aliphatic carbocycles. The molecule has 4 N–H and O–H groups in total. The molecule has 0 spiro atoms. The van der Waals surface area contributed by atoms with Gasteiger partial charge < -0.3 is 15.9 Å². The molecule has 0 radical (unpaired) electrons. The van der Waals surface area contributed by atoms with E-state index >= 15 is 0 Å². The monoisotopic (exact) mass is 352 g/mol. The van der Waals surface area contributed by atoms with E-state index in [0.717, 1.165) is 16.6 Å². The average Bonchev–Trinajstić information content (AvgIpc) is 3.31. The fraction of sp³-hybridized carbons (Fsp3) is 0.667. The SMILES string of the molecule is CC(C)CC(N)C(O)(Cc1cc(SCCC2CC2)ccn1)C(=O)O. The molecule has 0 saturated heterocycles. The lowest BCUT2D eigenvalue weighted by molar-refractivity contribution is -0.161. The van der Waals surface area contributed by atoms with Gasteiger partial charge in [-0.15, -0.1) is 11.8 Å². The minimum Gasteiger partial charge on any atom is -0.479 e. The first-order valence-corrected chi connectivity index (χ1v) is 9.59. The van der Waals surface area contributed by atoms with Crippen molar-refractivity contribution in [3.05, 3.63) is 24.0 Å². The van der Waals surface area contributed by atoms with Gasteiger partial charge in [0.15, 0.2) is 5.60 Å². The fourth-order valence-corrected chi connectivity index (χ4v) is 3.80. The van der Waals surface area contributed by atoms with Crippen LogP contribution in [0.5, 0.6) is 0 Å². The highest BCUT2D eigenvalue weighted by atomic mass is 32.2. The van der Waals surface area contributed by atoms with Crippen molar-refractivity contribution in [2.75, 3.05) is 5.75 Å². The molecule has 0 aliphatic heterocycles. The third kappa shape index (κ3) is 5.46. The molecule has 1 aromatic rings. The van der Waals surface area contributed by atoms with Crippen molar-refractivity contribution in [1.29, 1.82) is 0 Å². The molecule has 1 fully saturated rings. The maximum absolute atomic E-state index is 11.6. The van der Waals surface area contributed by atoms with Crippen LogP contribution in [-0.4, -0.2) is 38.6 Å². The van der Waals surface area contributed by atoms with Crippen molar-refractivity contribution in [1.82, 2.24) is 4.98 Å². The number of aliphatic carboxylic acids is 1. The fourth-order valence-electron chi connectivity index (χ4n) is 2.74. The van der Waals surface area contributed by atoms with Gasteiger partial charge in [0.25, 0.3) is 0 Å². The molecule has 2 atom stereocenters. The van der Waals surface area contributed by atoms with Crippen molar-refractivity contribution in [2.24, 2.45) is 17.6 Å². The van der Waals surface area contributed by atoms with Crippen LogP contribution in [0.2, 0.25) is 0 Å². The zero-order chi connectivity index (χ0) is 17.7. The van der Waals surface area contributed by atoms with E-state index in [1.54, 1.807) is 18.0 Å². The van der Waals surface area contributed by atoms with E-state index in [0.29, 0.717) is 12.1 Å². The van der Waals surface area contributed by atoms with Gasteiger partial charge in [0.05, 0.1) is 0 Å². The summed E-state index contributed by atoms with van der Waals surface area (Å²) in [6.45, 7) is 3.91. The number of aliphatic hydroxyl groups is 1. The van der Waals surface area contributed by atoms with E-state index in [1.807, 2.05) is 26.0 Å². The summed E-state index contributed by atoms with van der Waals surface area (Å²) in [6, 6.07) is 2.96. The first kappa shape index (κ1) is 19.2. The van der Waals surface area contributed by atoms with Crippen LogP contribution >= 0.6 is 11.8 Å². The zero-order valence-electron chi connectivity index (χ0n) is 14.4. The molecule has 1 aromatic heterocycles. The van der Waals surface area contributed by atoms with Gasteiger partial charge in [-0.3, -0.25) is 4.98 Å². The number of hydrogen-bond donors (Lipinski definition) is 3. The van der Waals surface area contributed by atoms with Gasteiger partial charge in [-0.05, 0) is 42.6 Å². The number of nitrogens with zero attached hydrogens (tertiary/aromatic N) is 1. The maximum Gasteiger partial charge on any atom is 0.337 e. The zero-order valence-corrected chi connectivity index (χ0v) is 15.3. The summed E-state index contributed by atoms with van der Waals surface area (Å²) in [5.41, 5.74) is 4.57. The number of carboxylic acid groups (broad SMARTS) is 1. The van der Waals surface area contributed by atoms with Crippen molar-refractivity contribution in [3.63, 3.8) is 0 Å². The Morgan fingerprint density at radius 1 is 1.50 bits per heavy atom. The number of pyridine rings is 1. The number of carbonyl (C=O) groups is 1. The maximum atomic E-state index is 11.6. The lowest BCUT2D eigenvalue weighted by Gasteiger charge is -2.30. The summed E-state index contributed by atoms with van der Waals surface area (Å²) in [4.78, 5) is 16.9. The van der Waals surface area contributed by atoms with Crippen molar-refractivity contribution in [2.45, 2.75) is 62.5 Å². The Bertz CT molecular complexity index is 563. The molecule has 5 nitrogen and oxygen atoms in total. The van der Waals surface area contributed by atoms with E-state index in [4.69, 9.17) is 5.73 Å². The lowest BCUT2D eigenvalue weighted by atomic mass is 9.84. The Kier molecular flexibility index (Phi) is 6.66. The quantitative estimate of drug-likeness (QED) is 0.560. The van der Waals surface area contributed by atoms with Gasteiger partial charge in [-0.2, -0.15) is 0 Å². The largest absolute Gasteiger partial charge is 0.479 e. The summed E-state index contributed by atoms with van der Waals surface area (Å²) in [6.07, 6.45) is 5.96. The third-order valence-electron chi connectivity index (χ3n) is 4.44. The molecule has 2 rings (SSSR count). The number of carboxylic acids is 1. The standard InChI is InChI=1S/C18H28N2O3S/c1-12(2)9-16(19)18(23,17(21)22)11-14-10-15(5-7-20-14)24-8-6-13-3-4-13/h5,7,10,12-13,16,23H,3-4,6,8-9,11,19H2,1-2H3,(H,21,22). The predicted octanol–water partition coefficient (Wildman–Crippen LogP) is 2.71. The molecule has 0 bridgehead atoms. The van der Waals surface area contributed by atoms with Gasteiger partial charge >= 0.3 is 5.97 Å². The van der Waals surface area contributed by atoms with Crippen LogP contribution in [0.4, 0.5) is 0 Å². The summed E-state index contributed by atoms with van der Waals surface area (Å²) in [7, 11) is 0. The summed E-state index contributed by atoms with van der Waals surface area (Å²) >= 11 is 1.76. The van der Waals surface area contributed by atoms with Crippen molar-refractivity contribution in [3.8, 4) is 0 Å². The Labute approximate surface area is 148 Å². The van der Waals surface area contributed by atoms with Gasteiger partial charge in [-0.25, -0.2) is 4.79 Å². The van der Waals surface area contributed by atoms with Crippen LogP contribution in [0.3, 0.4) is 0 Å². The molecule has 1 heterocycles. The van der Waals surface area contributed by atoms with E-state index in [-0.39, 0.29) is 12.3 Å². The highest BCUT2D eigenvalue weighted by Gasteiger charge is 2.43. The molecular weight excluding hydrogens is 324 g/mol. The van der Waals surface area contributed by atoms with Crippen LogP contribution in [0.15, 0.2) is 23.2 Å². The highest BCUT2D eigenvalue weighted by Crippen LogP contribution is 2.34. The highest BCUT2D eigenvalue weighted by molar-refractivity contribution is 7.99. The lowest BCUT2D eigenvalue weighted by Crippen LogP contribution is -2.56. The summed E-state index contributed by atoms with van der Waals surface area (Å²) in [5, 5.41) is 20.1. The van der Waals surface area contributed by atoms with E-state index in [9.17, 15) is 15.0 Å². The van der Waals surface area contributed by atoms with Gasteiger partial charge in [0.2, 0.25) is 0 Å². The second-order valence-corrected chi connectivity index (χ2v) is 8.37. The minimum absolute atomic E-state index is 0.0761. The molecule has 6 heteroatoms. The van der Waals surface area contributed by atoms with Crippen LogP contribution < -0.4 is 5.73 Å². The molecule has 2 unspecified atom stereocenters. The third-order valence-corrected chi connectivity index (χ3v) is 5.47. The minimum atomic E-state index is -1.99. The van der Waals surface area contributed by atoms with E-state index < -0.39 is 17.6 Å². The predicted molar refractivity (Wildman–Crippen MR) is 96.0 cm³/mol. The molecule has 1 saturated carbocycles. The van der Waals surface area contributed by atoms with Gasteiger partial charge in [-0.1, -0.05) is 26.7 Å². The molecule has 24 heavy (non-hydrogen) atoms. The number of thioether (sulfide) groups is 1.